The molecular weight excluding hydrogens is 106 g/mol. The van der Waals surface area contributed by atoms with E-state index in [1.54, 1.807) is 6.20 Å². The topological polar surface area (TPSA) is 12.9 Å². The Morgan fingerprint density at radius 1 is 1.71 bits per heavy atom. The van der Waals surface area contributed by atoms with Crippen LogP contribution in [-0.2, 0) is 0 Å². The highest BCUT2D eigenvalue weighted by atomic mass is 32.1. The van der Waals surface area contributed by atoms with Gasteiger partial charge in [-0.15, -0.1) is 12.6 Å². The van der Waals surface area contributed by atoms with Gasteiger partial charge in [0.05, 0.1) is 0 Å². The second kappa shape index (κ2) is 1.98. The van der Waals surface area contributed by atoms with E-state index in [1.165, 1.54) is 0 Å². The fourth-order valence-corrected chi connectivity index (χ4v) is 0.462. The lowest BCUT2D eigenvalue weighted by molar-refractivity contribution is 1.22. The fraction of sp³-hybridized carbons (Fsp3) is 0. The standard InChI is InChI=1S/C5H4NS/c7-5-2-1-3-6-4-5/h1-3,7H. The summed E-state index contributed by atoms with van der Waals surface area (Å²) in [5.74, 6) is 0. The minimum Gasteiger partial charge on any atom is -0.253 e. The van der Waals surface area contributed by atoms with Gasteiger partial charge in [0.1, 0.15) is 6.20 Å². The van der Waals surface area contributed by atoms with Crippen molar-refractivity contribution in [3.05, 3.63) is 24.5 Å². The van der Waals surface area contributed by atoms with Crippen molar-refractivity contribution >= 4 is 12.6 Å². The molecule has 1 nitrogen and oxygen atoms in total. The third-order valence-corrected chi connectivity index (χ3v) is 0.843. The van der Waals surface area contributed by atoms with Gasteiger partial charge >= 0.3 is 0 Å². The summed E-state index contributed by atoms with van der Waals surface area (Å²) < 4.78 is 0. The van der Waals surface area contributed by atoms with Gasteiger partial charge in [-0.3, -0.25) is 4.98 Å². The average Bonchev–Trinajstić information content (AvgIpc) is 1.69. The maximum absolute atomic E-state index is 3.97. The Morgan fingerprint density at radius 2 is 2.57 bits per heavy atom. The van der Waals surface area contributed by atoms with Crippen LogP contribution < -0.4 is 0 Å². The van der Waals surface area contributed by atoms with Gasteiger partial charge in [0.15, 0.2) is 0 Å². The number of aromatic nitrogens is 1. The van der Waals surface area contributed by atoms with Crippen LogP contribution in [0.25, 0.3) is 0 Å². The summed E-state index contributed by atoms with van der Waals surface area (Å²) in [5.41, 5.74) is 0. The smallest absolute Gasteiger partial charge is 0.103 e. The van der Waals surface area contributed by atoms with Gasteiger partial charge in [0.2, 0.25) is 0 Å². The van der Waals surface area contributed by atoms with Gasteiger partial charge in [0.25, 0.3) is 0 Å². The number of hydrogen-bond acceptors (Lipinski definition) is 2. The molecule has 0 aliphatic rings. The first-order valence-electron chi connectivity index (χ1n) is 1.91. The highest BCUT2D eigenvalue weighted by Gasteiger charge is 1.75. The van der Waals surface area contributed by atoms with Gasteiger partial charge in [-0.2, -0.15) is 0 Å². The molecule has 0 saturated heterocycles. The van der Waals surface area contributed by atoms with Crippen molar-refractivity contribution in [2.45, 2.75) is 4.90 Å². The van der Waals surface area contributed by atoms with Crippen LogP contribution in [-0.4, -0.2) is 4.98 Å². The Balaban J connectivity index is 3.02. The summed E-state index contributed by atoms with van der Waals surface area (Å²) in [6.07, 6.45) is 4.31. The van der Waals surface area contributed by atoms with Crippen molar-refractivity contribution in [2.24, 2.45) is 0 Å². The average molecular weight is 110 g/mol. The molecule has 1 radical (unpaired) electrons. The minimum atomic E-state index is 0.780. The van der Waals surface area contributed by atoms with E-state index in [2.05, 4.69) is 23.8 Å². The summed E-state index contributed by atoms with van der Waals surface area (Å²) >= 11 is 3.97. The molecule has 0 aromatic carbocycles. The van der Waals surface area contributed by atoms with E-state index in [1.807, 2.05) is 12.1 Å². The molecule has 0 spiro atoms. The molecule has 0 amide bonds. The Morgan fingerprint density at radius 3 is 2.86 bits per heavy atom. The summed E-state index contributed by atoms with van der Waals surface area (Å²) in [6, 6.07) is 3.65. The lowest BCUT2D eigenvalue weighted by atomic mass is 10.5. The summed E-state index contributed by atoms with van der Waals surface area (Å²) in [6.45, 7) is 0. The van der Waals surface area contributed by atoms with Gasteiger partial charge in [0, 0.05) is 11.1 Å². The van der Waals surface area contributed by atoms with E-state index in [-0.39, 0.29) is 0 Å². The number of hydrogen-bond donors (Lipinski definition) is 1. The van der Waals surface area contributed by atoms with Gasteiger partial charge in [-0.1, -0.05) is 0 Å². The zero-order chi connectivity index (χ0) is 5.11. The van der Waals surface area contributed by atoms with Crippen molar-refractivity contribution in [1.82, 2.24) is 4.98 Å². The van der Waals surface area contributed by atoms with Crippen LogP contribution in [0, 0.1) is 6.20 Å². The molecule has 1 heterocycles. The molecule has 1 aromatic heterocycles. The predicted octanol–water partition coefficient (Wildman–Crippen LogP) is 1.17. The van der Waals surface area contributed by atoms with E-state index >= 15 is 0 Å². The SMILES string of the molecule is Sc1[c]nccc1. The van der Waals surface area contributed by atoms with Crippen molar-refractivity contribution in [3.8, 4) is 0 Å². The molecule has 35 valence electrons. The number of thiol groups is 1. The zero-order valence-electron chi connectivity index (χ0n) is 3.63. The quantitative estimate of drug-likeness (QED) is 0.495. The third kappa shape index (κ3) is 1.20. The van der Waals surface area contributed by atoms with Crippen molar-refractivity contribution < 1.29 is 0 Å². The normalized spacial score (nSPS) is 8.71. The molecule has 1 aromatic rings. The monoisotopic (exact) mass is 110 g/mol. The van der Waals surface area contributed by atoms with Crippen LogP contribution in [0.3, 0.4) is 0 Å². The maximum Gasteiger partial charge on any atom is 0.103 e. The predicted molar refractivity (Wildman–Crippen MR) is 30.3 cm³/mol. The summed E-state index contributed by atoms with van der Waals surface area (Å²) in [7, 11) is 0. The lowest BCUT2D eigenvalue weighted by Crippen LogP contribution is -1.66. The van der Waals surface area contributed by atoms with E-state index < -0.39 is 0 Å². The molecule has 0 saturated carbocycles. The number of pyridine rings is 1. The summed E-state index contributed by atoms with van der Waals surface area (Å²) in [4.78, 5) is 4.46. The first-order chi connectivity index (χ1) is 3.39. The molecule has 1 rings (SSSR count). The molecular formula is C5H4NS. The van der Waals surface area contributed by atoms with Gasteiger partial charge in [-0.05, 0) is 12.1 Å². The van der Waals surface area contributed by atoms with Crippen LogP contribution in [0.15, 0.2) is 23.2 Å². The second-order valence-corrected chi connectivity index (χ2v) is 1.62. The first kappa shape index (κ1) is 4.65. The second-order valence-electron chi connectivity index (χ2n) is 1.13. The van der Waals surface area contributed by atoms with E-state index in [9.17, 15) is 0 Å². The van der Waals surface area contributed by atoms with Crippen LogP contribution in [0.1, 0.15) is 0 Å². The zero-order valence-corrected chi connectivity index (χ0v) is 4.52. The molecule has 7 heavy (non-hydrogen) atoms. The Bertz CT molecular complexity index is 138. The van der Waals surface area contributed by atoms with Crippen LogP contribution in [0.4, 0.5) is 0 Å². The van der Waals surface area contributed by atoms with Crippen LogP contribution in [0.2, 0.25) is 0 Å². The van der Waals surface area contributed by atoms with Crippen molar-refractivity contribution in [1.29, 1.82) is 0 Å². The summed E-state index contributed by atoms with van der Waals surface area (Å²) in [5, 5.41) is 0. The van der Waals surface area contributed by atoms with Gasteiger partial charge in [-0.25, -0.2) is 0 Å². The molecule has 0 N–H and O–H groups in total. The molecule has 0 bridgehead atoms. The Hall–Kier alpha value is -0.500. The Labute approximate surface area is 47.8 Å². The van der Waals surface area contributed by atoms with Gasteiger partial charge < -0.3 is 0 Å². The minimum absolute atomic E-state index is 0.780. The van der Waals surface area contributed by atoms with E-state index in [4.69, 9.17) is 0 Å². The molecule has 0 aliphatic carbocycles. The lowest BCUT2D eigenvalue weighted by Gasteiger charge is -1.79. The largest absolute Gasteiger partial charge is 0.253 e. The number of rotatable bonds is 0. The highest BCUT2D eigenvalue weighted by Crippen LogP contribution is 1.97. The molecule has 0 atom stereocenters. The van der Waals surface area contributed by atoms with Crippen LogP contribution >= 0.6 is 12.6 Å². The molecule has 0 fully saturated rings. The highest BCUT2D eigenvalue weighted by molar-refractivity contribution is 7.80. The first-order valence-corrected chi connectivity index (χ1v) is 2.36. The molecule has 2 heteroatoms. The fourth-order valence-electron chi connectivity index (χ4n) is 0.318. The molecule has 0 unspecified atom stereocenters. The maximum atomic E-state index is 3.97. The van der Waals surface area contributed by atoms with Crippen LogP contribution in [0.5, 0.6) is 0 Å². The third-order valence-electron chi connectivity index (χ3n) is 0.594. The van der Waals surface area contributed by atoms with E-state index in [0.717, 1.165) is 4.90 Å². The van der Waals surface area contributed by atoms with Crippen molar-refractivity contribution in [2.75, 3.05) is 0 Å². The van der Waals surface area contributed by atoms with Crippen molar-refractivity contribution in [3.63, 3.8) is 0 Å². The molecule has 0 aliphatic heterocycles. The number of nitrogens with zero attached hydrogens (tertiary/aromatic N) is 1. The Kier molecular flexibility index (Phi) is 1.32. The van der Waals surface area contributed by atoms with E-state index in [0.29, 0.717) is 0 Å².